The molecule has 0 heterocycles. The first kappa shape index (κ1) is 23.8. The fraction of sp³-hybridized carbons (Fsp3) is 0. The molecule has 0 atom stereocenters. The summed E-state index contributed by atoms with van der Waals surface area (Å²) in [6.45, 7) is 0. The van der Waals surface area contributed by atoms with Crippen LogP contribution < -0.4 is 4.72 Å². The summed E-state index contributed by atoms with van der Waals surface area (Å²) in [7, 11) is -4.48. The number of sulfonamides is 1. The lowest BCUT2D eigenvalue weighted by molar-refractivity contribution is -0.388. The van der Waals surface area contributed by atoms with E-state index >= 15 is 0 Å². The molecule has 0 aliphatic rings. The van der Waals surface area contributed by atoms with Gasteiger partial charge in [0.15, 0.2) is 0 Å². The lowest BCUT2D eigenvalue weighted by atomic mass is 10.2. The molecule has 0 fully saturated rings. The van der Waals surface area contributed by atoms with E-state index in [4.69, 9.17) is 23.2 Å². The van der Waals surface area contributed by atoms with Crippen LogP contribution in [-0.2, 0) is 10.0 Å². The van der Waals surface area contributed by atoms with Gasteiger partial charge in [-0.15, -0.1) is 0 Å². The van der Waals surface area contributed by atoms with Crippen LogP contribution in [-0.4, -0.2) is 24.4 Å². The minimum absolute atomic E-state index is 0.129. The Balaban J connectivity index is 1.99. The molecule has 2 N–H and O–H groups in total. The first-order valence-electron chi connectivity index (χ1n) is 8.45. The number of carbonyl (C=O) groups is 1. The van der Waals surface area contributed by atoms with Crippen LogP contribution in [0.15, 0.2) is 69.3 Å². The van der Waals surface area contributed by atoms with Gasteiger partial charge in [0, 0.05) is 11.0 Å². The maximum Gasteiger partial charge on any atom is 0.337 e. The number of carboxylic acids is 1. The van der Waals surface area contributed by atoms with Gasteiger partial charge in [0.05, 0.1) is 36.0 Å². The molecule has 0 unspecified atom stereocenters. The number of nitro benzene ring substituents is 1. The lowest BCUT2D eigenvalue weighted by Crippen LogP contribution is -2.16. The molecule has 3 aromatic rings. The average Bonchev–Trinajstić information content (AvgIpc) is 2.70. The fourth-order valence-corrected chi connectivity index (χ4v) is 4.95. The van der Waals surface area contributed by atoms with Gasteiger partial charge in [0.2, 0.25) is 0 Å². The van der Waals surface area contributed by atoms with Crippen LogP contribution in [0, 0.1) is 15.9 Å². The Bertz CT molecular complexity index is 1350. The normalized spacial score (nSPS) is 11.2. The predicted molar refractivity (Wildman–Crippen MR) is 118 cm³/mol. The first-order valence-corrected chi connectivity index (χ1v) is 11.5. The minimum atomic E-state index is -4.48. The SMILES string of the molecule is O=C(O)c1ccc(F)cc1NS(=O)(=O)c1ccc(Sc2ccc(Cl)c(Cl)c2)c([N+](=O)[O-])c1. The number of hydrogen-bond donors (Lipinski definition) is 2. The van der Waals surface area contributed by atoms with Crippen LogP contribution in [0.1, 0.15) is 10.4 Å². The van der Waals surface area contributed by atoms with Crippen molar-refractivity contribution in [1.29, 1.82) is 0 Å². The van der Waals surface area contributed by atoms with Gasteiger partial charge in [-0.3, -0.25) is 14.8 Å². The molecule has 0 aliphatic carbocycles. The molecule has 3 aromatic carbocycles. The van der Waals surface area contributed by atoms with Gasteiger partial charge in [-0.1, -0.05) is 35.0 Å². The third-order valence-electron chi connectivity index (χ3n) is 4.01. The number of aromatic carboxylic acids is 1. The topological polar surface area (TPSA) is 127 Å². The van der Waals surface area contributed by atoms with Crippen LogP contribution in [0.4, 0.5) is 15.8 Å². The smallest absolute Gasteiger partial charge is 0.337 e. The number of anilines is 1. The molecule has 3 rings (SSSR count). The molecule has 0 spiro atoms. The van der Waals surface area contributed by atoms with E-state index in [2.05, 4.69) is 0 Å². The Morgan fingerprint density at radius 3 is 2.41 bits per heavy atom. The zero-order valence-corrected chi connectivity index (χ0v) is 18.7. The molecular weight excluding hydrogens is 506 g/mol. The highest BCUT2D eigenvalue weighted by atomic mass is 35.5. The van der Waals surface area contributed by atoms with E-state index in [1.54, 1.807) is 6.07 Å². The number of nitro groups is 1. The molecule has 0 saturated heterocycles. The first-order chi connectivity index (χ1) is 15.0. The summed E-state index contributed by atoms with van der Waals surface area (Å²) in [6, 6.07) is 10.2. The molecule has 0 bridgehead atoms. The fourth-order valence-electron chi connectivity index (χ4n) is 2.55. The standard InChI is InChI=1S/C19H11Cl2FN2O6S2/c20-14-5-2-11(8-15(14)21)31-18-6-3-12(9-17(18)24(27)28)32(29,30)23-16-7-10(22)1-4-13(16)19(25)26/h1-9,23H,(H,25,26). The van der Waals surface area contributed by atoms with Crippen molar-refractivity contribution in [2.24, 2.45) is 0 Å². The molecule has 0 aromatic heterocycles. The van der Waals surface area contributed by atoms with Crippen molar-refractivity contribution >= 4 is 62.3 Å². The zero-order chi connectivity index (χ0) is 23.6. The number of halogens is 3. The summed E-state index contributed by atoms with van der Waals surface area (Å²) in [5.74, 6) is -2.35. The Morgan fingerprint density at radius 2 is 1.78 bits per heavy atom. The third kappa shape index (κ3) is 5.30. The Labute approximate surface area is 195 Å². The van der Waals surface area contributed by atoms with E-state index in [0.717, 1.165) is 36.0 Å². The summed E-state index contributed by atoms with van der Waals surface area (Å²) < 4.78 is 41.0. The van der Waals surface area contributed by atoms with Crippen molar-refractivity contribution in [1.82, 2.24) is 0 Å². The second kappa shape index (κ2) is 9.33. The maximum atomic E-state index is 13.5. The van der Waals surface area contributed by atoms with Crippen LogP contribution in [0.5, 0.6) is 0 Å². The van der Waals surface area contributed by atoms with Gasteiger partial charge in [0.1, 0.15) is 5.82 Å². The number of hydrogen-bond acceptors (Lipinski definition) is 6. The van der Waals surface area contributed by atoms with Gasteiger partial charge in [-0.25, -0.2) is 17.6 Å². The van der Waals surface area contributed by atoms with E-state index in [1.165, 1.54) is 18.2 Å². The molecule has 0 saturated carbocycles. The Morgan fingerprint density at radius 1 is 1.06 bits per heavy atom. The molecule has 8 nitrogen and oxygen atoms in total. The highest BCUT2D eigenvalue weighted by Crippen LogP contribution is 2.38. The monoisotopic (exact) mass is 516 g/mol. The van der Waals surface area contributed by atoms with Crippen molar-refractivity contribution < 1.29 is 27.6 Å². The molecule has 0 radical (unpaired) electrons. The second-order valence-corrected chi connectivity index (χ2v) is 9.78. The molecule has 32 heavy (non-hydrogen) atoms. The minimum Gasteiger partial charge on any atom is -0.478 e. The molecule has 166 valence electrons. The maximum absolute atomic E-state index is 13.5. The van der Waals surface area contributed by atoms with Crippen molar-refractivity contribution in [2.75, 3.05) is 4.72 Å². The van der Waals surface area contributed by atoms with Crippen molar-refractivity contribution in [3.8, 4) is 0 Å². The largest absolute Gasteiger partial charge is 0.478 e. The average molecular weight is 517 g/mol. The van der Waals surface area contributed by atoms with Crippen molar-refractivity contribution in [2.45, 2.75) is 14.7 Å². The Kier molecular flexibility index (Phi) is 6.94. The summed E-state index contributed by atoms with van der Waals surface area (Å²) in [5, 5.41) is 21.3. The Hall–Kier alpha value is -2.86. The molecule has 0 aliphatic heterocycles. The van der Waals surface area contributed by atoms with Gasteiger partial charge >= 0.3 is 5.97 Å². The van der Waals surface area contributed by atoms with E-state index < -0.39 is 48.6 Å². The van der Waals surface area contributed by atoms with Gasteiger partial charge in [-0.2, -0.15) is 0 Å². The summed E-state index contributed by atoms with van der Waals surface area (Å²) >= 11 is 12.8. The van der Waals surface area contributed by atoms with Crippen LogP contribution in [0.3, 0.4) is 0 Å². The van der Waals surface area contributed by atoms with Crippen molar-refractivity contribution in [3.05, 3.63) is 86.1 Å². The molecule has 0 amide bonds. The zero-order valence-electron chi connectivity index (χ0n) is 15.6. The van der Waals surface area contributed by atoms with Crippen LogP contribution in [0.2, 0.25) is 10.0 Å². The predicted octanol–water partition coefficient (Wildman–Crippen LogP) is 5.69. The number of rotatable bonds is 7. The summed E-state index contributed by atoms with van der Waals surface area (Å²) in [5.41, 5.74) is -1.52. The van der Waals surface area contributed by atoms with E-state index in [0.29, 0.717) is 16.0 Å². The molecular formula is C19H11Cl2FN2O6S2. The van der Waals surface area contributed by atoms with Crippen LogP contribution in [0.25, 0.3) is 0 Å². The number of nitrogens with zero attached hydrogens (tertiary/aromatic N) is 1. The van der Waals surface area contributed by atoms with Crippen molar-refractivity contribution in [3.63, 3.8) is 0 Å². The van der Waals surface area contributed by atoms with Gasteiger partial charge < -0.3 is 5.11 Å². The summed E-state index contributed by atoms with van der Waals surface area (Å²) in [4.78, 5) is 22.2. The second-order valence-electron chi connectivity index (χ2n) is 6.17. The van der Waals surface area contributed by atoms with Gasteiger partial charge in [-0.05, 0) is 48.5 Å². The van der Waals surface area contributed by atoms with E-state index in [-0.39, 0.29) is 9.92 Å². The van der Waals surface area contributed by atoms with E-state index in [9.17, 15) is 32.8 Å². The quantitative estimate of drug-likeness (QED) is 0.305. The van der Waals surface area contributed by atoms with E-state index in [1.807, 2.05) is 4.72 Å². The number of benzene rings is 3. The summed E-state index contributed by atoms with van der Waals surface area (Å²) in [6.07, 6.45) is 0. The van der Waals surface area contributed by atoms with Crippen LogP contribution >= 0.6 is 35.0 Å². The lowest BCUT2D eigenvalue weighted by Gasteiger charge is -2.12. The number of carboxylic acid groups (broad SMARTS) is 1. The highest BCUT2D eigenvalue weighted by molar-refractivity contribution is 7.99. The van der Waals surface area contributed by atoms with Gasteiger partial charge in [0.25, 0.3) is 15.7 Å². The highest BCUT2D eigenvalue weighted by Gasteiger charge is 2.24. The molecule has 13 heteroatoms. The number of nitrogens with one attached hydrogen (secondary N) is 1. The third-order valence-corrected chi connectivity index (χ3v) is 7.17.